The van der Waals surface area contributed by atoms with Crippen LogP contribution in [0.3, 0.4) is 0 Å². The Morgan fingerprint density at radius 2 is 2.50 bits per heavy atom. The standard InChI is InChI=1S/C8H12IN3/c1-5-2-6(10-3-5)8-11-4-7(9)12-8/h4-6,10H,2-3H2,1H3,(H,11,12)/t5-,6+/m1/s1. The van der Waals surface area contributed by atoms with Crippen LogP contribution in [-0.2, 0) is 0 Å². The van der Waals surface area contributed by atoms with E-state index in [1.165, 1.54) is 6.42 Å². The number of hydrogen-bond acceptors (Lipinski definition) is 2. The van der Waals surface area contributed by atoms with Gasteiger partial charge in [0, 0.05) is 6.20 Å². The molecule has 3 nitrogen and oxygen atoms in total. The van der Waals surface area contributed by atoms with Crippen molar-refractivity contribution >= 4 is 22.6 Å². The highest BCUT2D eigenvalue weighted by molar-refractivity contribution is 14.1. The zero-order valence-electron chi connectivity index (χ0n) is 6.97. The maximum absolute atomic E-state index is 4.40. The lowest BCUT2D eigenvalue weighted by molar-refractivity contribution is 0.587. The van der Waals surface area contributed by atoms with Crippen LogP contribution in [0, 0.1) is 9.62 Å². The summed E-state index contributed by atoms with van der Waals surface area (Å²) in [5, 5.41) is 3.44. The molecule has 0 spiro atoms. The van der Waals surface area contributed by atoms with Crippen molar-refractivity contribution in [2.75, 3.05) is 6.54 Å². The molecule has 1 saturated heterocycles. The number of aromatic amines is 1. The van der Waals surface area contributed by atoms with Crippen LogP contribution in [0.25, 0.3) is 0 Å². The van der Waals surface area contributed by atoms with E-state index in [2.05, 4.69) is 44.8 Å². The van der Waals surface area contributed by atoms with Crippen molar-refractivity contribution in [2.24, 2.45) is 5.92 Å². The topological polar surface area (TPSA) is 40.7 Å². The summed E-state index contributed by atoms with van der Waals surface area (Å²) in [4.78, 5) is 7.58. The third kappa shape index (κ3) is 1.64. The zero-order chi connectivity index (χ0) is 8.55. The molecule has 0 aromatic carbocycles. The predicted octanol–water partition coefficient (Wildman–Crippen LogP) is 1.68. The lowest BCUT2D eigenvalue weighted by Gasteiger charge is -2.04. The van der Waals surface area contributed by atoms with Gasteiger partial charge >= 0.3 is 0 Å². The maximum atomic E-state index is 4.40. The molecule has 0 saturated carbocycles. The molecule has 1 fully saturated rings. The molecule has 1 aliphatic rings. The third-order valence-electron chi connectivity index (χ3n) is 2.25. The lowest BCUT2D eigenvalue weighted by Crippen LogP contribution is -2.14. The first-order valence-electron chi connectivity index (χ1n) is 4.20. The summed E-state index contributed by atoms with van der Waals surface area (Å²) in [6.45, 7) is 3.38. The minimum absolute atomic E-state index is 0.448. The van der Waals surface area contributed by atoms with Crippen molar-refractivity contribution in [3.63, 3.8) is 0 Å². The summed E-state index contributed by atoms with van der Waals surface area (Å²) in [6.07, 6.45) is 3.14. The van der Waals surface area contributed by atoms with Crippen LogP contribution < -0.4 is 5.32 Å². The van der Waals surface area contributed by atoms with Gasteiger partial charge in [0.2, 0.25) is 0 Å². The van der Waals surface area contributed by atoms with Crippen LogP contribution >= 0.6 is 22.6 Å². The van der Waals surface area contributed by atoms with E-state index in [-0.39, 0.29) is 0 Å². The number of imidazole rings is 1. The second kappa shape index (κ2) is 3.33. The van der Waals surface area contributed by atoms with Gasteiger partial charge in [-0.05, 0) is 41.5 Å². The minimum atomic E-state index is 0.448. The van der Waals surface area contributed by atoms with Gasteiger partial charge in [0.05, 0.1) is 6.04 Å². The number of halogens is 1. The van der Waals surface area contributed by atoms with Crippen molar-refractivity contribution in [1.29, 1.82) is 0 Å². The first-order chi connectivity index (χ1) is 5.75. The molecule has 0 bridgehead atoms. The molecule has 4 heteroatoms. The highest BCUT2D eigenvalue weighted by atomic mass is 127. The molecule has 0 unspecified atom stereocenters. The molecule has 1 aromatic heterocycles. The van der Waals surface area contributed by atoms with E-state index < -0.39 is 0 Å². The van der Waals surface area contributed by atoms with E-state index in [4.69, 9.17) is 0 Å². The van der Waals surface area contributed by atoms with Crippen LogP contribution in [-0.4, -0.2) is 16.5 Å². The highest BCUT2D eigenvalue weighted by Crippen LogP contribution is 2.24. The molecule has 2 N–H and O–H groups in total. The average Bonchev–Trinajstić information content (AvgIpc) is 2.58. The lowest BCUT2D eigenvalue weighted by atomic mass is 10.1. The van der Waals surface area contributed by atoms with Gasteiger partial charge in [-0.25, -0.2) is 4.98 Å². The van der Waals surface area contributed by atoms with E-state index in [1.54, 1.807) is 0 Å². The van der Waals surface area contributed by atoms with E-state index >= 15 is 0 Å². The summed E-state index contributed by atoms with van der Waals surface area (Å²) in [5.74, 6) is 1.86. The van der Waals surface area contributed by atoms with Gasteiger partial charge < -0.3 is 10.3 Å². The van der Waals surface area contributed by atoms with Gasteiger partial charge in [0.1, 0.15) is 9.53 Å². The SMILES string of the molecule is C[C@H]1CN[C@H](c2nc(I)c[nH]2)C1. The molecular formula is C8H12IN3. The van der Waals surface area contributed by atoms with Crippen LogP contribution in [0.1, 0.15) is 25.2 Å². The monoisotopic (exact) mass is 277 g/mol. The Balaban J connectivity index is 2.11. The summed E-state index contributed by atoms with van der Waals surface area (Å²) < 4.78 is 1.05. The van der Waals surface area contributed by atoms with Crippen LogP contribution in [0.5, 0.6) is 0 Å². The Labute approximate surface area is 85.5 Å². The average molecular weight is 277 g/mol. The smallest absolute Gasteiger partial charge is 0.124 e. The van der Waals surface area contributed by atoms with Crippen molar-refractivity contribution in [1.82, 2.24) is 15.3 Å². The fourth-order valence-corrected chi connectivity index (χ4v) is 2.03. The number of nitrogens with one attached hydrogen (secondary N) is 2. The van der Waals surface area contributed by atoms with E-state index in [0.717, 1.165) is 22.0 Å². The molecule has 0 radical (unpaired) electrons. The van der Waals surface area contributed by atoms with Crippen molar-refractivity contribution in [3.8, 4) is 0 Å². The second-order valence-corrected chi connectivity index (χ2v) is 4.52. The van der Waals surface area contributed by atoms with Crippen LogP contribution in [0.4, 0.5) is 0 Å². The molecule has 0 amide bonds. The largest absolute Gasteiger partial charge is 0.346 e. The third-order valence-corrected chi connectivity index (χ3v) is 2.80. The Bertz CT molecular complexity index is 271. The molecule has 1 aliphatic heterocycles. The van der Waals surface area contributed by atoms with Crippen molar-refractivity contribution in [3.05, 3.63) is 15.7 Å². The van der Waals surface area contributed by atoms with Gasteiger partial charge in [-0.2, -0.15) is 0 Å². The van der Waals surface area contributed by atoms with Gasteiger partial charge in [0.15, 0.2) is 0 Å². The predicted molar refractivity (Wildman–Crippen MR) is 55.8 cm³/mol. The Hall–Kier alpha value is -0.100. The zero-order valence-corrected chi connectivity index (χ0v) is 9.13. The molecule has 0 aliphatic carbocycles. The number of hydrogen-bond donors (Lipinski definition) is 2. The Morgan fingerprint density at radius 3 is 3.00 bits per heavy atom. The Morgan fingerprint density at radius 1 is 1.67 bits per heavy atom. The van der Waals surface area contributed by atoms with E-state index in [0.29, 0.717) is 6.04 Å². The molecule has 12 heavy (non-hydrogen) atoms. The van der Waals surface area contributed by atoms with E-state index in [9.17, 15) is 0 Å². The van der Waals surface area contributed by atoms with Crippen molar-refractivity contribution < 1.29 is 0 Å². The fraction of sp³-hybridized carbons (Fsp3) is 0.625. The molecular weight excluding hydrogens is 265 g/mol. The summed E-state index contributed by atoms with van der Waals surface area (Å²) in [7, 11) is 0. The van der Waals surface area contributed by atoms with Crippen LogP contribution in [0.15, 0.2) is 6.20 Å². The molecule has 2 heterocycles. The maximum Gasteiger partial charge on any atom is 0.124 e. The Kier molecular flexibility index (Phi) is 2.36. The van der Waals surface area contributed by atoms with Crippen molar-refractivity contribution in [2.45, 2.75) is 19.4 Å². The van der Waals surface area contributed by atoms with Gasteiger partial charge in [-0.3, -0.25) is 0 Å². The highest BCUT2D eigenvalue weighted by Gasteiger charge is 2.23. The van der Waals surface area contributed by atoms with Crippen LogP contribution in [0.2, 0.25) is 0 Å². The fourth-order valence-electron chi connectivity index (χ4n) is 1.61. The number of aromatic nitrogens is 2. The quantitative estimate of drug-likeness (QED) is 0.767. The van der Waals surface area contributed by atoms with Gasteiger partial charge in [-0.1, -0.05) is 6.92 Å². The normalized spacial score (nSPS) is 29.5. The first kappa shape index (κ1) is 8.50. The summed E-state index contributed by atoms with van der Waals surface area (Å²) in [6, 6.07) is 0.448. The summed E-state index contributed by atoms with van der Waals surface area (Å²) in [5.41, 5.74) is 0. The van der Waals surface area contributed by atoms with Gasteiger partial charge in [0.25, 0.3) is 0 Å². The van der Waals surface area contributed by atoms with E-state index in [1.807, 2.05) is 6.20 Å². The molecule has 2 rings (SSSR count). The molecule has 66 valence electrons. The number of H-pyrrole nitrogens is 1. The number of nitrogens with zero attached hydrogens (tertiary/aromatic N) is 1. The summed E-state index contributed by atoms with van der Waals surface area (Å²) >= 11 is 2.22. The first-order valence-corrected chi connectivity index (χ1v) is 5.28. The number of rotatable bonds is 1. The molecule has 1 aromatic rings. The second-order valence-electron chi connectivity index (χ2n) is 3.41. The minimum Gasteiger partial charge on any atom is -0.346 e. The van der Waals surface area contributed by atoms with Gasteiger partial charge in [-0.15, -0.1) is 0 Å². The molecule has 2 atom stereocenters.